The Bertz CT molecular complexity index is 670. The third-order valence-corrected chi connectivity index (χ3v) is 3.76. The van der Waals surface area contributed by atoms with Crippen LogP contribution in [0.5, 0.6) is 5.75 Å². The molecule has 1 atom stereocenters. The van der Waals surface area contributed by atoms with Crippen LogP contribution < -0.4 is 10.4 Å². The molecule has 2 aromatic rings. The Hall–Kier alpha value is -2.01. The molecule has 0 amide bonds. The lowest BCUT2D eigenvalue weighted by atomic mass is 10.1. The van der Waals surface area contributed by atoms with Crippen LogP contribution in [-0.2, 0) is 6.54 Å². The van der Waals surface area contributed by atoms with Crippen molar-refractivity contribution in [2.24, 2.45) is 0 Å². The van der Waals surface area contributed by atoms with E-state index in [2.05, 4.69) is 0 Å². The highest BCUT2D eigenvalue weighted by atomic mass is 16.5. The smallest absolute Gasteiger partial charge is 0.328 e. The second-order valence-electron chi connectivity index (χ2n) is 5.36. The number of nitrogens with zero attached hydrogens (tertiary/aromatic N) is 2. The topological polar surface area (TPSA) is 56.4 Å². The molecule has 3 rings (SSSR count). The van der Waals surface area contributed by atoms with Crippen molar-refractivity contribution in [3.05, 3.63) is 52.7 Å². The molecule has 5 heteroatoms. The van der Waals surface area contributed by atoms with Crippen LogP contribution in [0.4, 0.5) is 0 Å². The van der Waals surface area contributed by atoms with Crippen LogP contribution in [0.25, 0.3) is 0 Å². The van der Waals surface area contributed by atoms with Gasteiger partial charge in [0.15, 0.2) is 0 Å². The minimum absolute atomic E-state index is 0.0505. The highest BCUT2D eigenvalue weighted by Crippen LogP contribution is 2.33. The van der Waals surface area contributed by atoms with Gasteiger partial charge in [-0.15, -0.1) is 0 Å². The molecule has 1 aromatic heterocycles. The number of hydrogen-bond donors (Lipinski definition) is 1. The molecule has 5 nitrogen and oxygen atoms in total. The maximum Gasteiger partial charge on any atom is 0.328 e. The molecule has 1 fully saturated rings. The Balaban J connectivity index is 1.80. The normalized spacial score (nSPS) is 15.9. The molecular formula is C16H20N2O3. The maximum absolute atomic E-state index is 12.2. The minimum atomic E-state index is -0.763. The predicted molar refractivity (Wildman–Crippen MR) is 79.5 cm³/mol. The second-order valence-corrected chi connectivity index (χ2v) is 5.36. The quantitative estimate of drug-likeness (QED) is 0.885. The molecule has 1 aliphatic rings. The van der Waals surface area contributed by atoms with E-state index >= 15 is 0 Å². The van der Waals surface area contributed by atoms with Crippen molar-refractivity contribution in [3.8, 4) is 5.75 Å². The number of para-hydroxylation sites is 1. The number of hydrogen-bond acceptors (Lipinski definition) is 3. The van der Waals surface area contributed by atoms with Gasteiger partial charge in [0.25, 0.3) is 0 Å². The molecule has 0 bridgehead atoms. The van der Waals surface area contributed by atoms with Crippen LogP contribution in [0.2, 0.25) is 0 Å². The van der Waals surface area contributed by atoms with Gasteiger partial charge in [0.05, 0.1) is 13.2 Å². The average Bonchev–Trinajstić information content (AvgIpc) is 3.26. The lowest BCUT2D eigenvalue weighted by molar-refractivity contribution is 0.150. The van der Waals surface area contributed by atoms with Crippen molar-refractivity contribution in [3.63, 3.8) is 0 Å². The standard InChI is InChI=1S/C16H20N2O3/c1-2-21-15-6-4-3-5-13(15)14(19)11-17-9-10-18(16(17)20)12-7-8-12/h3-6,9-10,12,14,19H,2,7-8,11H2,1H3. The molecule has 0 radical (unpaired) electrons. The Kier molecular flexibility index (Phi) is 3.84. The van der Waals surface area contributed by atoms with E-state index in [0.717, 1.165) is 12.8 Å². The molecule has 21 heavy (non-hydrogen) atoms. The van der Waals surface area contributed by atoms with E-state index < -0.39 is 6.10 Å². The first-order valence-electron chi connectivity index (χ1n) is 7.37. The molecule has 1 aromatic carbocycles. The lowest BCUT2D eigenvalue weighted by Gasteiger charge is -2.15. The Morgan fingerprint density at radius 1 is 1.33 bits per heavy atom. The van der Waals surface area contributed by atoms with Crippen LogP contribution in [0, 0.1) is 0 Å². The summed E-state index contributed by atoms with van der Waals surface area (Å²) in [6.07, 6.45) is 4.92. The van der Waals surface area contributed by atoms with E-state index in [-0.39, 0.29) is 12.2 Å². The van der Waals surface area contributed by atoms with Gasteiger partial charge in [-0.3, -0.25) is 9.13 Å². The number of aliphatic hydroxyl groups excluding tert-OH is 1. The van der Waals surface area contributed by atoms with Crippen molar-refractivity contribution in [2.45, 2.75) is 38.5 Å². The van der Waals surface area contributed by atoms with Crippen LogP contribution in [0.1, 0.15) is 37.5 Å². The molecule has 1 N–H and O–H groups in total. The average molecular weight is 288 g/mol. The van der Waals surface area contributed by atoms with Crippen LogP contribution in [-0.4, -0.2) is 20.8 Å². The van der Waals surface area contributed by atoms with Crippen LogP contribution >= 0.6 is 0 Å². The fourth-order valence-electron chi connectivity index (χ4n) is 2.53. The van der Waals surface area contributed by atoms with Gasteiger partial charge >= 0.3 is 5.69 Å². The molecule has 1 heterocycles. The van der Waals surface area contributed by atoms with Gasteiger partial charge in [-0.1, -0.05) is 18.2 Å². The highest BCUT2D eigenvalue weighted by Gasteiger charge is 2.26. The Morgan fingerprint density at radius 2 is 2.10 bits per heavy atom. The number of ether oxygens (including phenoxy) is 1. The molecular weight excluding hydrogens is 268 g/mol. The van der Waals surface area contributed by atoms with Gasteiger partial charge in [0.2, 0.25) is 0 Å². The van der Waals surface area contributed by atoms with E-state index in [0.29, 0.717) is 24.0 Å². The summed E-state index contributed by atoms with van der Waals surface area (Å²) in [7, 11) is 0. The van der Waals surface area contributed by atoms with Crippen molar-refractivity contribution in [1.29, 1.82) is 0 Å². The summed E-state index contributed by atoms with van der Waals surface area (Å²) in [5, 5.41) is 10.4. The number of aromatic nitrogens is 2. The minimum Gasteiger partial charge on any atom is -0.493 e. The van der Waals surface area contributed by atoms with Gasteiger partial charge in [-0.25, -0.2) is 4.79 Å². The third kappa shape index (κ3) is 2.88. The first-order chi connectivity index (χ1) is 10.2. The summed E-state index contributed by atoms with van der Waals surface area (Å²) in [4.78, 5) is 12.2. The molecule has 112 valence electrons. The van der Waals surface area contributed by atoms with Crippen molar-refractivity contribution in [2.75, 3.05) is 6.61 Å². The van der Waals surface area contributed by atoms with Gasteiger partial charge in [0.1, 0.15) is 11.9 Å². The molecule has 0 aliphatic heterocycles. The SMILES string of the molecule is CCOc1ccccc1C(O)Cn1ccn(C2CC2)c1=O. The molecule has 1 saturated carbocycles. The molecule has 1 aliphatic carbocycles. The number of imidazole rings is 1. The summed E-state index contributed by atoms with van der Waals surface area (Å²) in [5.74, 6) is 0.669. The Morgan fingerprint density at radius 3 is 2.81 bits per heavy atom. The Labute approximate surface area is 123 Å². The first kappa shape index (κ1) is 13.9. The fraction of sp³-hybridized carbons (Fsp3) is 0.438. The fourth-order valence-corrected chi connectivity index (χ4v) is 2.53. The van der Waals surface area contributed by atoms with Crippen molar-refractivity contribution < 1.29 is 9.84 Å². The highest BCUT2D eigenvalue weighted by molar-refractivity contribution is 5.35. The molecule has 0 spiro atoms. The number of rotatable bonds is 6. The van der Waals surface area contributed by atoms with E-state index in [9.17, 15) is 9.90 Å². The molecule has 1 unspecified atom stereocenters. The van der Waals surface area contributed by atoms with Gasteiger partial charge in [-0.05, 0) is 25.8 Å². The summed E-state index contributed by atoms with van der Waals surface area (Å²) >= 11 is 0. The second kappa shape index (κ2) is 5.77. The van der Waals surface area contributed by atoms with E-state index in [1.54, 1.807) is 21.5 Å². The largest absolute Gasteiger partial charge is 0.493 e. The monoisotopic (exact) mass is 288 g/mol. The van der Waals surface area contributed by atoms with E-state index in [1.807, 2.05) is 31.2 Å². The van der Waals surface area contributed by atoms with Crippen molar-refractivity contribution >= 4 is 0 Å². The molecule has 0 saturated heterocycles. The summed E-state index contributed by atoms with van der Waals surface area (Å²) in [5.41, 5.74) is 0.663. The van der Waals surface area contributed by atoms with Crippen LogP contribution in [0.15, 0.2) is 41.5 Å². The third-order valence-electron chi connectivity index (χ3n) is 3.76. The first-order valence-corrected chi connectivity index (χ1v) is 7.37. The number of aliphatic hydroxyl groups is 1. The zero-order chi connectivity index (χ0) is 14.8. The lowest BCUT2D eigenvalue weighted by Crippen LogP contribution is -2.25. The zero-order valence-electron chi connectivity index (χ0n) is 12.1. The van der Waals surface area contributed by atoms with Gasteiger partial charge in [0, 0.05) is 24.0 Å². The van der Waals surface area contributed by atoms with E-state index in [1.165, 1.54) is 0 Å². The van der Waals surface area contributed by atoms with Gasteiger partial charge in [-0.2, -0.15) is 0 Å². The predicted octanol–water partition coefficient (Wildman–Crippen LogP) is 2.12. The van der Waals surface area contributed by atoms with E-state index in [4.69, 9.17) is 4.74 Å². The number of benzene rings is 1. The zero-order valence-corrected chi connectivity index (χ0v) is 12.1. The summed E-state index contributed by atoms with van der Waals surface area (Å²) < 4.78 is 8.84. The van der Waals surface area contributed by atoms with Crippen molar-refractivity contribution in [1.82, 2.24) is 9.13 Å². The summed E-state index contributed by atoms with van der Waals surface area (Å²) in [6.45, 7) is 2.69. The van der Waals surface area contributed by atoms with Gasteiger partial charge < -0.3 is 9.84 Å². The summed E-state index contributed by atoms with van der Waals surface area (Å²) in [6, 6.07) is 7.75. The van der Waals surface area contributed by atoms with Crippen LogP contribution in [0.3, 0.4) is 0 Å². The maximum atomic E-state index is 12.2.